The molecule has 0 aromatic carbocycles. The van der Waals surface area contributed by atoms with Crippen LogP contribution in [0, 0.1) is 0 Å². The molecule has 4 heteroatoms. The van der Waals surface area contributed by atoms with Crippen LogP contribution in [0.5, 0.6) is 0 Å². The average Bonchev–Trinajstić information content (AvgIpc) is 3.18. The molecule has 2 aromatic heterocycles. The lowest BCUT2D eigenvalue weighted by atomic mass is 10.1. The van der Waals surface area contributed by atoms with Crippen LogP contribution in [0.2, 0.25) is 0 Å². The van der Waals surface area contributed by atoms with Gasteiger partial charge in [0.15, 0.2) is 5.82 Å². The van der Waals surface area contributed by atoms with E-state index in [0.29, 0.717) is 6.04 Å². The number of hydrogen-bond acceptors (Lipinski definition) is 4. The third-order valence-electron chi connectivity index (χ3n) is 3.82. The van der Waals surface area contributed by atoms with Gasteiger partial charge in [-0.3, -0.25) is 0 Å². The largest absolute Gasteiger partial charge is 0.374 e. The summed E-state index contributed by atoms with van der Waals surface area (Å²) in [6.07, 6.45) is 5.52. The predicted molar refractivity (Wildman–Crippen MR) is 86.7 cm³/mol. The topological polar surface area (TPSA) is 28.2 Å². The Balaban J connectivity index is 1.82. The summed E-state index contributed by atoms with van der Waals surface area (Å²) in [5.74, 6) is 1.11. The smallest absolute Gasteiger partial charge is 0.151 e. The van der Waals surface area contributed by atoms with Crippen LogP contribution in [0.1, 0.15) is 37.1 Å². The number of anilines is 2. The van der Waals surface area contributed by atoms with Crippen LogP contribution < -0.4 is 10.2 Å². The summed E-state index contributed by atoms with van der Waals surface area (Å²) in [4.78, 5) is 8.38. The second kappa shape index (κ2) is 6.27. The summed E-state index contributed by atoms with van der Waals surface area (Å²) < 4.78 is 0. The molecule has 1 unspecified atom stereocenters. The first-order chi connectivity index (χ1) is 9.88. The maximum atomic E-state index is 4.60. The summed E-state index contributed by atoms with van der Waals surface area (Å²) in [5, 5.41) is 5.83. The van der Waals surface area contributed by atoms with Gasteiger partial charge >= 0.3 is 0 Å². The van der Waals surface area contributed by atoms with Gasteiger partial charge in [0.1, 0.15) is 0 Å². The van der Waals surface area contributed by atoms with Crippen LogP contribution in [-0.2, 0) is 0 Å². The third-order valence-corrected chi connectivity index (χ3v) is 4.80. The number of pyridine rings is 1. The van der Waals surface area contributed by atoms with Crippen molar-refractivity contribution in [1.82, 2.24) is 4.98 Å². The summed E-state index contributed by atoms with van der Waals surface area (Å²) in [5.41, 5.74) is 1.16. The lowest BCUT2D eigenvalue weighted by Crippen LogP contribution is -2.21. The minimum absolute atomic E-state index is 0.376. The number of nitrogens with one attached hydrogen (secondary N) is 1. The highest BCUT2D eigenvalue weighted by Crippen LogP contribution is 2.31. The summed E-state index contributed by atoms with van der Waals surface area (Å²) >= 11 is 1.82. The zero-order valence-electron chi connectivity index (χ0n) is 11.9. The molecule has 106 valence electrons. The molecule has 0 saturated carbocycles. The lowest BCUT2D eigenvalue weighted by Gasteiger charge is -2.23. The first-order valence-corrected chi connectivity index (χ1v) is 8.26. The van der Waals surface area contributed by atoms with E-state index in [1.165, 1.54) is 17.7 Å². The van der Waals surface area contributed by atoms with E-state index in [4.69, 9.17) is 0 Å². The van der Waals surface area contributed by atoms with Gasteiger partial charge in [0, 0.05) is 24.2 Å². The Labute approximate surface area is 124 Å². The second-order valence-corrected chi connectivity index (χ2v) is 6.17. The van der Waals surface area contributed by atoms with E-state index in [2.05, 4.69) is 45.7 Å². The number of thiophene rings is 1. The lowest BCUT2D eigenvalue weighted by molar-refractivity contribution is 0.761. The second-order valence-electron chi connectivity index (χ2n) is 5.19. The molecule has 3 nitrogen and oxygen atoms in total. The first kappa shape index (κ1) is 13.4. The van der Waals surface area contributed by atoms with Crippen molar-refractivity contribution in [3.05, 3.63) is 40.7 Å². The van der Waals surface area contributed by atoms with Gasteiger partial charge in [-0.25, -0.2) is 4.98 Å². The highest BCUT2D eigenvalue weighted by Gasteiger charge is 2.19. The first-order valence-electron chi connectivity index (χ1n) is 7.38. The van der Waals surface area contributed by atoms with E-state index in [9.17, 15) is 0 Å². The fourth-order valence-corrected chi connectivity index (χ4v) is 3.60. The molecule has 3 heterocycles. The Morgan fingerprint density at radius 3 is 2.85 bits per heavy atom. The van der Waals surface area contributed by atoms with Gasteiger partial charge in [0.05, 0.1) is 11.7 Å². The zero-order chi connectivity index (χ0) is 13.8. The molecule has 3 rings (SSSR count). The van der Waals surface area contributed by atoms with Crippen LogP contribution >= 0.6 is 11.3 Å². The van der Waals surface area contributed by atoms with Crippen LogP contribution in [0.25, 0.3) is 0 Å². The minimum Gasteiger partial charge on any atom is -0.374 e. The molecule has 1 saturated heterocycles. The van der Waals surface area contributed by atoms with Gasteiger partial charge in [-0.1, -0.05) is 13.0 Å². The molecule has 1 atom stereocenters. The average molecular weight is 287 g/mol. The zero-order valence-corrected chi connectivity index (χ0v) is 12.7. The summed E-state index contributed by atoms with van der Waals surface area (Å²) in [6, 6.07) is 8.87. The van der Waals surface area contributed by atoms with Crippen LogP contribution in [-0.4, -0.2) is 18.1 Å². The van der Waals surface area contributed by atoms with E-state index in [1.807, 2.05) is 23.6 Å². The van der Waals surface area contributed by atoms with Crippen molar-refractivity contribution in [3.63, 3.8) is 0 Å². The molecule has 0 radical (unpaired) electrons. The predicted octanol–water partition coefficient (Wildman–Crippen LogP) is 4.31. The maximum Gasteiger partial charge on any atom is 0.151 e. The Hall–Kier alpha value is -1.55. The van der Waals surface area contributed by atoms with Crippen LogP contribution in [0.15, 0.2) is 35.8 Å². The summed E-state index contributed by atoms with van der Waals surface area (Å²) in [7, 11) is 0. The van der Waals surface area contributed by atoms with Crippen molar-refractivity contribution in [2.24, 2.45) is 0 Å². The molecule has 20 heavy (non-hydrogen) atoms. The molecule has 0 aliphatic carbocycles. The molecule has 1 N–H and O–H groups in total. The quantitative estimate of drug-likeness (QED) is 0.888. The van der Waals surface area contributed by atoms with Crippen molar-refractivity contribution >= 4 is 22.8 Å². The van der Waals surface area contributed by atoms with Crippen LogP contribution in [0.3, 0.4) is 0 Å². The highest BCUT2D eigenvalue weighted by molar-refractivity contribution is 7.10. The van der Waals surface area contributed by atoms with Gasteiger partial charge in [0.25, 0.3) is 0 Å². The molecular formula is C16H21N3S. The van der Waals surface area contributed by atoms with Crippen molar-refractivity contribution in [1.29, 1.82) is 0 Å². The Morgan fingerprint density at radius 1 is 1.30 bits per heavy atom. The van der Waals surface area contributed by atoms with Crippen molar-refractivity contribution in [2.75, 3.05) is 23.3 Å². The molecule has 0 bridgehead atoms. The molecule has 1 fully saturated rings. The fourth-order valence-electron chi connectivity index (χ4n) is 2.74. The molecule has 1 aliphatic heterocycles. The maximum absolute atomic E-state index is 4.60. The standard InChI is InChI=1S/C16H21N3S/c1-2-13(15-8-6-12-20-15)18-14-7-5-9-17-16(14)19-10-3-4-11-19/h5-9,12-13,18H,2-4,10-11H2,1H3. The number of rotatable bonds is 5. The fraction of sp³-hybridized carbons (Fsp3) is 0.438. The molecule has 0 amide bonds. The number of hydrogen-bond donors (Lipinski definition) is 1. The van der Waals surface area contributed by atoms with Gasteiger partial charge in [-0.05, 0) is 42.8 Å². The number of aromatic nitrogens is 1. The minimum atomic E-state index is 0.376. The van der Waals surface area contributed by atoms with E-state index in [0.717, 1.165) is 31.0 Å². The van der Waals surface area contributed by atoms with Crippen LogP contribution in [0.4, 0.5) is 11.5 Å². The molecule has 2 aromatic rings. The monoisotopic (exact) mass is 287 g/mol. The van der Waals surface area contributed by atoms with E-state index < -0.39 is 0 Å². The van der Waals surface area contributed by atoms with Crippen molar-refractivity contribution < 1.29 is 0 Å². The Kier molecular flexibility index (Phi) is 4.21. The van der Waals surface area contributed by atoms with Gasteiger partial charge in [-0.2, -0.15) is 0 Å². The molecular weight excluding hydrogens is 266 g/mol. The van der Waals surface area contributed by atoms with E-state index >= 15 is 0 Å². The van der Waals surface area contributed by atoms with Gasteiger partial charge in [-0.15, -0.1) is 11.3 Å². The van der Waals surface area contributed by atoms with Gasteiger partial charge < -0.3 is 10.2 Å². The van der Waals surface area contributed by atoms with E-state index in [-0.39, 0.29) is 0 Å². The molecule has 0 spiro atoms. The normalized spacial score (nSPS) is 16.4. The SMILES string of the molecule is CCC(Nc1cccnc1N1CCCC1)c1cccs1. The van der Waals surface area contributed by atoms with Gasteiger partial charge in [0.2, 0.25) is 0 Å². The van der Waals surface area contributed by atoms with E-state index in [1.54, 1.807) is 0 Å². The van der Waals surface area contributed by atoms with Crippen molar-refractivity contribution in [2.45, 2.75) is 32.2 Å². The Morgan fingerprint density at radius 2 is 2.15 bits per heavy atom. The summed E-state index contributed by atoms with van der Waals surface area (Å²) in [6.45, 7) is 4.48. The third kappa shape index (κ3) is 2.80. The van der Waals surface area contributed by atoms with Crippen molar-refractivity contribution in [3.8, 4) is 0 Å². The molecule has 1 aliphatic rings. The highest BCUT2D eigenvalue weighted by atomic mass is 32.1. The Bertz CT molecular complexity index is 532. The number of nitrogens with zero attached hydrogens (tertiary/aromatic N) is 2.